The maximum atomic E-state index is 12.9. The summed E-state index contributed by atoms with van der Waals surface area (Å²) in [6.45, 7) is 5.79. The van der Waals surface area contributed by atoms with Gasteiger partial charge in [0.05, 0.1) is 11.3 Å². The average Bonchev–Trinajstić information content (AvgIpc) is 2.48. The molecule has 1 aromatic heterocycles. The normalized spacial score (nSPS) is 10.8. The van der Waals surface area contributed by atoms with Gasteiger partial charge in [-0.3, -0.25) is 4.79 Å². The molecule has 0 aliphatic heterocycles. The van der Waals surface area contributed by atoms with Crippen LogP contribution in [0, 0.1) is 12.7 Å². The van der Waals surface area contributed by atoms with Crippen molar-refractivity contribution in [3.8, 4) is 0 Å². The lowest BCUT2D eigenvalue weighted by atomic mass is 10.0. The summed E-state index contributed by atoms with van der Waals surface area (Å²) in [5.74, 6) is 0.122. The van der Waals surface area contributed by atoms with Crippen LogP contribution in [-0.2, 0) is 0 Å². The topological polar surface area (TPSA) is 54.9 Å². The van der Waals surface area contributed by atoms with Crippen LogP contribution in [0.2, 0.25) is 0 Å². The van der Waals surface area contributed by atoms with Crippen molar-refractivity contribution in [3.63, 3.8) is 0 Å². The molecule has 1 heterocycles. The Hall–Kier alpha value is -1.95. The molecule has 4 nitrogen and oxygen atoms in total. The van der Waals surface area contributed by atoms with E-state index in [-0.39, 0.29) is 17.6 Å². The Morgan fingerprint density at radius 3 is 2.41 bits per heavy atom. The Kier molecular flexibility index (Phi) is 5.13. The van der Waals surface area contributed by atoms with Crippen molar-refractivity contribution in [2.75, 3.05) is 11.6 Å². The SMILES string of the molecule is CSc1nc(C)nc(C(C)C)c1C(=O)Nc1ccc(F)cc1. The second-order valence-corrected chi connectivity index (χ2v) is 5.95. The minimum Gasteiger partial charge on any atom is -0.322 e. The monoisotopic (exact) mass is 319 g/mol. The lowest BCUT2D eigenvalue weighted by Gasteiger charge is -2.15. The number of carbonyl (C=O) groups is 1. The van der Waals surface area contributed by atoms with E-state index in [0.29, 0.717) is 22.1 Å². The number of anilines is 1. The molecule has 22 heavy (non-hydrogen) atoms. The first kappa shape index (κ1) is 16.4. The number of aryl methyl sites for hydroxylation is 1. The smallest absolute Gasteiger partial charge is 0.260 e. The molecule has 0 fully saturated rings. The number of carbonyl (C=O) groups excluding carboxylic acids is 1. The van der Waals surface area contributed by atoms with Crippen LogP contribution in [0.5, 0.6) is 0 Å². The highest BCUT2D eigenvalue weighted by atomic mass is 32.2. The van der Waals surface area contributed by atoms with E-state index in [1.54, 1.807) is 0 Å². The zero-order valence-corrected chi connectivity index (χ0v) is 13.8. The van der Waals surface area contributed by atoms with Gasteiger partial charge in [-0.15, -0.1) is 11.8 Å². The van der Waals surface area contributed by atoms with Gasteiger partial charge in [-0.2, -0.15) is 0 Å². The first-order valence-electron chi connectivity index (χ1n) is 6.91. The van der Waals surface area contributed by atoms with E-state index >= 15 is 0 Å². The maximum absolute atomic E-state index is 12.9. The number of aromatic nitrogens is 2. The zero-order valence-electron chi connectivity index (χ0n) is 13.0. The van der Waals surface area contributed by atoms with Crippen molar-refractivity contribution in [2.45, 2.75) is 31.7 Å². The van der Waals surface area contributed by atoms with Crippen molar-refractivity contribution < 1.29 is 9.18 Å². The van der Waals surface area contributed by atoms with Crippen molar-refractivity contribution in [2.24, 2.45) is 0 Å². The fourth-order valence-electron chi connectivity index (χ4n) is 2.07. The zero-order chi connectivity index (χ0) is 16.3. The minimum absolute atomic E-state index is 0.0987. The molecule has 0 aliphatic rings. The summed E-state index contributed by atoms with van der Waals surface area (Å²) < 4.78 is 12.9. The van der Waals surface area contributed by atoms with Gasteiger partial charge in [0.1, 0.15) is 16.7 Å². The number of nitrogens with zero attached hydrogens (tertiary/aromatic N) is 2. The van der Waals surface area contributed by atoms with Crippen LogP contribution in [0.4, 0.5) is 10.1 Å². The summed E-state index contributed by atoms with van der Waals surface area (Å²) in [4.78, 5) is 21.4. The second kappa shape index (κ2) is 6.87. The van der Waals surface area contributed by atoms with E-state index in [4.69, 9.17) is 0 Å². The van der Waals surface area contributed by atoms with Crippen LogP contribution in [0.25, 0.3) is 0 Å². The van der Waals surface area contributed by atoms with Crippen LogP contribution < -0.4 is 5.32 Å². The molecule has 0 aliphatic carbocycles. The molecule has 2 rings (SSSR count). The van der Waals surface area contributed by atoms with Crippen molar-refractivity contribution in [3.05, 3.63) is 47.2 Å². The van der Waals surface area contributed by atoms with Gasteiger partial charge >= 0.3 is 0 Å². The van der Waals surface area contributed by atoms with Crippen molar-refractivity contribution in [1.29, 1.82) is 0 Å². The van der Waals surface area contributed by atoms with E-state index in [1.807, 2.05) is 27.0 Å². The van der Waals surface area contributed by atoms with Gasteiger partial charge in [-0.1, -0.05) is 13.8 Å². The summed E-state index contributed by atoms with van der Waals surface area (Å²) in [7, 11) is 0. The van der Waals surface area contributed by atoms with E-state index in [9.17, 15) is 9.18 Å². The number of halogens is 1. The third-order valence-electron chi connectivity index (χ3n) is 3.08. The van der Waals surface area contributed by atoms with Crippen LogP contribution in [-0.4, -0.2) is 22.1 Å². The third kappa shape index (κ3) is 3.62. The highest BCUT2D eigenvalue weighted by Gasteiger charge is 2.21. The number of thioether (sulfide) groups is 1. The van der Waals surface area contributed by atoms with Crippen LogP contribution in [0.1, 0.15) is 41.6 Å². The largest absolute Gasteiger partial charge is 0.322 e. The number of amides is 1. The predicted octanol–water partition coefficient (Wildman–Crippen LogP) is 4.02. The van der Waals surface area contributed by atoms with Crippen molar-refractivity contribution in [1.82, 2.24) is 9.97 Å². The Morgan fingerprint density at radius 2 is 1.86 bits per heavy atom. The van der Waals surface area contributed by atoms with Gasteiger partial charge in [-0.25, -0.2) is 14.4 Å². The highest BCUT2D eigenvalue weighted by molar-refractivity contribution is 7.98. The summed E-state index contributed by atoms with van der Waals surface area (Å²) in [5.41, 5.74) is 1.74. The molecule has 1 amide bonds. The Balaban J connectivity index is 2.41. The molecular weight excluding hydrogens is 301 g/mol. The molecule has 0 atom stereocenters. The second-order valence-electron chi connectivity index (χ2n) is 5.16. The summed E-state index contributed by atoms with van der Waals surface area (Å²) in [5, 5.41) is 3.42. The van der Waals surface area contributed by atoms with Crippen LogP contribution >= 0.6 is 11.8 Å². The Morgan fingerprint density at radius 1 is 1.23 bits per heavy atom. The van der Waals surface area contributed by atoms with Gasteiger partial charge in [-0.05, 0) is 43.4 Å². The lowest BCUT2D eigenvalue weighted by molar-refractivity contribution is 0.102. The van der Waals surface area contributed by atoms with Crippen molar-refractivity contribution >= 4 is 23.4 Å². The molecule has 0 saturated carbocycles. The molecule has 1 aromatic carbocycles. The van der Waals surface area contributed by atoms with Gasteiger partial charge in [0.25, 0.3) is 5.91 Å². The first-order chi connectivity index (χ1) is 10.4. The van der Waals surface area contributed by atoms with E-state index in [1.165, 1.54) is 36.0 Å². The standard InChI is InChI=1S/C16H18FN3OS/c1-9(2)14-13(16(22-4)19-10(3)18-14)15(21)20-12-7-5-11(17)6-8-12/h5-9H,1-4H3,(H,20,21). The van der Waals surface area contributed by atoms with Crippen LogP contribution in [0.15, 0.2) is 29.3 Å². The average molecular weight is 319 g/mol. The maximum Gasteiger partial charge on any atom is 0.260 e. The van der Waals surface area contributed by atoms with Gasteiger partial charge in [0, 0.05) is 5.69 Å². The van der Waals surface area contributed by atoms with Gasteiger partial charge in [0.2, 0.25) is 0 Å². The van der Waals surface area contributed by atoms with E-state index in [0.717, 1.165) is 5.69 Å². The summed E-state index contributed by atoms with van der Waals surface area (Å²) in [6.07, 6.45) is 1.88. The molecule has 0 spiro atoms. The van der Waals surface area contributed by atoms with Crippen LogP contribution in [0.3, 0.4) is 0 Å². The molecule has 0 unspecified atom stereocenters. The van der Waals surface area contributed by atoms with E-state index < -0.39 is 0 Å². The molecular formula is C16H18FN3OS. The highest BCUT2D eigenvalue weighted by Crippen LogP contribution is 2.26. The Bertz CT molecular complexity index is 687. The van der Waals surface area contributed by atoms with E-state index in [2.05, 4.69) is 15.3 Å². The molecule has 1 N–H and O–H groups in total. The fraction of sp³-hybridized carbons (Fsp3) is 0.312. The molecule has 2 aromatic rings. The molecule has 0 saturated heterocycles. The quantitative estimate of drug-likeness (QED) is 0.683. The molecule has 0 radical (unpaired) electrons. The number of rotatable bonds is 4. The first-order valence-corrected chi connectivity index (χ1v) is 8.14. The Labute approximate surface area is 133 Å². The third-order valence-corrected chi connectivity index (χ3v) is 3.77. The number of hydrogen-bond donors (Lipinski definition) is 1. The van der Waals surface area contributed by atoms with Gasteiger partial charge in [0.15, 0.2) is 0 Å². The molecule has 0 bridgehead atoms. The molecule has 116 valence electrons. The van der Waals surface area contributed by atoms with Gasteiger partial charge < -0.3 is 5.32 Å². The lowest BCUT2D eigenvalue weighted by Crippen LogP contribution is -2.19. The number of nitrogens with one attached hydrogen (secondary N) is 1. The molecule has 6 heteroatoms. The summed E-state index contributed by atoms with van der Waals surface area (Å²) in [6, 6.07) is 5.66. The predicted molar refractivity (Wildman–Crippen MR) is 87.0 cm³/mol. The number of hydrogen-bond acceptors (Lipinski definition) is 4. The summed E-state index contributed by atoms with van der Waals surface area (Å²) >= 11 is 1.41. The fourth-order valence-corrected chi connectivity index (χ4v) is 2.70. The number of benzene rings is 1. The minimum atomic E-state index is -0.343.